The molecule has 2 aromatic carbocycles. The first-order valence-corrected chi connectivity index (χ1v) is 7.41. The van der Waals surface area contributed by atoms with Crippen LogP contribution in [0.3, 0.4) is 0 Å². The van der Waals surface area contributed by atoms with E-state index in [1.54, 1.807) is 12.1 Å². The highest BCUT2D eigenvalue weighted by Crippen LogP contribution is 2.17. The fraction of sp³-hybridized carbons (Fsp3) is 0.125. The largest absolute Gasteiger partial charge is 0.350 e. The lowest BCUT2D eigenvalue weighted by Crippen LogP contribution is -2.33. The van der Waals surface area contributed by atoms with Crippen LogP contribution in [0.4, 0.5) is 0 Å². The molecule has 0 radical (unpaired) electrons. The van der Waals surface area contributed by atoms with E-state index in [4.69, 9.17) is 11.6 Å². The molecule has 1 amide bonds. The minimum atomic E-state index is -0.612. The van der Waals surface area contributed by atoms with Crippen LogP contribution < -0.4 is 5.32 Å². The van der Waals surface area contributed by atoms with E-state index in [9.17, 15) is 4.79 Å². The van der Waals surface area contributed by atoms with Gasteiger partial charge in [-0.1, -0.05) is 54.1 Å². The monoisotopic (exact) mass is 327 g/mol. The fourth-order valence-corrected chi connectivity index (χ4v) is 2.36. The minimum Gasteiger partial charge on any atom is -0.350 e. The molecule has 1 aromatic heterocycles. The van der Waals surface area contributed by atoms with E-state index in [0.29, 0.717) is 11.6 Å². The molecule has 0 aliphatic carbocycles. The first-order chi connectivity index (χ1) is 11.2. The third-order valence-corrected chi connectivity index (χ3v) is 3.63. The maximum absolute atomic E-state index is 12.6. The number of hydrogen-bond donors (Lipinski definition) is 1. The Bertz CT molecular complexity index is 759. The molecule has 0 aliphatic rings. The van der Waals surface area contributed by atoms with Crippen molar-refractivity contribution < 1.29 is 4.79 Å². The number of hydrogen-bond acceptors (Lipinski definition) is 4. The number of carbonyl (C=O) groups excluding carboxylic acids is 1. The zero-order valence-corrected chi connectivity index (χ0v) is 12.9. The van der Waals surface area contributed by atoms with Gasteiger partial charge in [-0.05, 0) is 33.7 Å². The van der Waals surface area contributed by atoms with Gasteiger partial charge in [-0.25, -0.2) is 4.68 Å². The molecule has 1 N–H and O–H groups in total. The van der Waals surface area contributed by atoms with E-state index in [1.807, 2.05) is 42.5 Å². The van der Waals surface area contributed by atoms with Crippen LogP contribution in [0.1, 0.15) is 17.2 Å². The molecule has 0 unspecified atom stereocenters. The number of benzene rings is 2. The van der Waals surface area contributed by atoms with Crippen molar-refractivity contribution in [3.8, 4) is 0 Å². The van der Waals surface area contributed by atoms with Crippen LogP contribution in [0.25, 0.3) is 0 Å². The topological polar surface area (TPSA) is 72.7 Å². The Hall–Kier alpha value is -2.73. The third-order valence-electron chi connectivity index (χ3n) is 3.37. The van der Waals surface area contributed by atoms with Gasteiger partial charge in [0.05, 0.1) is 0 Å². The highest BCUT2D eigenvalue weighted by atomic mass is 35.5. The number of aromatic nitrogens is 4. The summed E-state index contributed by atoms with van der Waals surface area (Å²) < 4.78 is 1.44. The molecule has 0 fully saturated rings. The van der Waals surface area contributed by atoms with Crippen LogP contribution in [-0.4, -0.2) is 26.1 Å². The van der Waals surface area contributed by atoms with Gasteiger partial charge in [-0.3, -0.25) is 4.79 Å². The van der Waals surface area contributed by atoms with Crippen molar-refractivity contribution in [1.82, 2.24) is 25.5 Å². The second-order valence-electron chi connectivity index (χ2n) is 4.95. The number of tetrazole rings is 1. The Labute approximate surface area is 138 Å². The molecule has 7 heteroatoms. The normalized spacial score (nSPS) is 11.9. The molecule has 3 rings (SSSR count). The Balaban J connectivity index is 1.77. The second kappa shape index (κ2) is 7.02. The number of carbonyl (C=O) groups is 1. The molecule has 0 saturated heterocycles. The lowest BCUT2D eigenvalue weighted by Gasteiger charge is -2.16. The van der Waals surface area contributed by atoms with Gasteiger partial charge in [0.2, 0.25) is 5.91 Å². The molecule has 3 aromatic rings. The number of nitrogens with zero attached hydrogens (tertiary/aromatic N) is 4. The SMILES string of the molecule is O=C(NCc1ccc(Cl)cc1)[C@H](c1ccccc1)n1cnnn1. The maximum atomic E-state index is 12.6. The molecule has 0 spiro atoms. The number of amides is 1. The van der Waals surface area contributed by atoms with E-state index >= 15 is 0 Å². The fourth-order valence-electron chi connectivity index (χ4n) is 2.23. The van der Waals surface area contributed by atoms with Crippen molar-refractivity contribution in [1.29, 1.82) is 0 Å². The second-order valence-corrected chi connectivity index (χ2v) is 5.38. The van der Waals surface area contributed by atoms with Gasteiger partial charge in [0.15, 0.2) is 6.04 Å². The van der Waals surface area contributed by atoms with E-state index in [1.165, 1.54) is 11.0 Å². The van der Waals surface area contributed by atoms with Gasteiger partial charge in [0, 0.05) is 11.6 Å². The molecular formula is C16H14ClN5O. The van der Waals surface area contributed by atoms with Crippen molar-refractivity contribution in [2.24, 2.45) is 0 Å². The Morgan fingerprint density at radius 1 is 1.13 bits per heavy atom. The zero-order valence-electron chi connectivity index (χ0n) is 12.1. The summed E-state index contributed by atoms with van der Waals surface area (Å²) in [5.74, 6) is -0.182. The average Bonchev–Trinajstić information content (AvgIpc) is 3.10. The van der Waals surface area contributed by atoms with Crippen LogP contribution in [0.2, 0.25) is 5.02 Å². The molecule has 1 atom stereocenters. The molecule has 0 bridgehead atoms. The highest BCUT2D eigenvalue weighted by Gasteiger charge is 2.23. The highest BCUT2D eigenvalue weighted by molar-refractivity contribution is 6.30. The molecule has 116 valence electrons. The van der Waals surface area contributed by atoms with E-state index in [2.05, 4.69) is 20.8 Å². The predicted octanol–water partition coefficient (Wildman–Crippen LogP) is 2.23. The Morgan fingerprint density at radius 3 is 2.52 bits per heavy atom. The van der Waals surface area contributed by atoms with E-state index in [-0.39, 0.29) is 5.91 Å². The van der Waals surface area contributed by atoms with Crippen LogP contribution in [0.5, 0.6) is 0 Å². The van der Waals surface area contributed by atoms with Gasteiger partial charge in [-0.2, -0.15) is 0 Å². The maximum Gasteiger partial charge on any atom is 0.249 e. The summed E-state index contributed by atoms with van der Waals surface area (Å²) in [6, 6.07) is 16.1. The number of nitrogens with one attached hydrogen (secondary N) is 1. The molecule has 1 heterocycles. The summed E-state index contributed by atoms with van der Waals surface area (Å²) in [6.07, 6.45) is 1.43. The standard InChI is InChI=1S/C16H14ClN5O/c17-14-8-6-12(7-9-14)10-18-16(23)15(22-11-19-20-21-22)13-4-2-1-3-5-13/h1-9,11,15H,10H2,(H,18,23)/t15-/m0/s1. The van der Waals surface area contributed by atoms with Gasteiger partial charge >= 0.3 is 0 Å². The van der Waals surface area contributed by atoms with Gasteiger partial charge in [0.25, 0.3) is 0 Å². The van der Waals surface area contributed by atoms with Gasteiger partial charge < -0.3 is 5.32 Å². The third kappa shape index (κ3) is 3.73. The molecule has 6 nitrogen and oxygen atoms in total. The van der Waals surface area contributed by atoms with Crippen molar-refractivity contribution in [3.63, 3.8) is 0 Å². The number of rotatable bonds is 5. The minimum absolute atomic E-state index is 0.182. The van der Waals surface area contributed by atoms with Crippen molar-refractivity contribution in [2.75, 3.05) is 0 Å². The molecular weight excluding hydrogens is 314 g/mol. The van der Waals surface area contributed by atoms with Gasteiger partial charge in [-0.15, -0.1) is 5.10 Å². The Kier molecular flexibility index (Phi) is 4.63. The van der Waals surface area contributed by atoms with Crippen LogP contribution in [0.15, 0.2) is 60.9 Å². The Morgan fingerprint density at radius 2 is 1.87 bits per heavy atom. The summed E-state index contributed by atoms with van der Waals surface area (Å²) in [6.45, 7) is 0.404. The van der Waals surface area contributed by atoms with Crippen molar-refractivity contribution in [2.45, 2.75) is 12.6 Å². The smallest absolute Gasteiger partial charge is 0.249 e. The zero-order chi connectivity index (χ0) is 16.1. The van der Waals surface area contributed by atoms with Crippen LogP contribution in [0, 0.1) is 0 Å². The average molecular weight is 328 g/mol. The summed E-state index contributed by atoms with van der Waals surface area (Å²) in [5, 5.41) is 14.7. The molecule has 0 saturated carbocycles. The summed E-state index contributed by atoms with van der Waals surface area (Å²) in [7, 11) is 0. The van der Waals surface area contributed by atoms with Crippen molar-refractivity contribution >= 4 is 17.5 Å². The predicted molar refractivity (Wildman–Crippen MR) is 85.7 cm³/mol. The summed E-state index contributed by atoms with van der Waals surface area (Å²) >= 11 is 5.86. The lowest BCUT2D eigenvalue weighted by molar-refractivity contribution is -0.123. The quantitative estimate of drug-likeness (QED) is 0.780. The first-order valence-electron chi connectivity index (χ1n) is 7.03. The summed E-state index contributed by atoms with van der Waals surface area (Å²) in [5.41, 5.74) is 1.78. The van der Waals surface area contributed by atoms with E-state index < -0.39 is 6.04 Å². The lowest BCUT2D eigenvalue weighted by atomic mass is 10.1. The van der Waals surface area contributed by atoms with E-state index in [0.717, 1.165) is 11.1 Å². The first kappa shape index (κ1) is 15.2. The summed E-state index contributed by atoms with van der Waals surface area (Å²) in [4.78, 5) is 12.6. The number of halogens is 1. The van der Waals surface area contributed by atoms with Crippen LogP contribution in [-0.2, 0) is 11.3 Å². The van der Waals surface area contributed by atoms with Crippen LogP contribution >= 0.6 is 11.6 Å². The molecule has 0 aliphatic heterocycles. The van der Waals surface area contributed by atoms with Gasteiger partial charge in [0.1, 0.15) is 6.33 Å². The molecule has 23 heavy (non-hydrogen) atoms. The van der Waals surface area contributed by atoms with Crippen molar-refractivity contribution in [3.05, 3.63) is 77.1 Å².